The van der Waals surface area contributed by atoms with Gasteiger partial charge in [-0.1, -0.05) is 66.7 Å². The van der Waals surface area contributed by atoms with Gasteiger partial charge in [-0.3, -0.25) is 9.48 Å². The molecule has 7 heteroatoms. The minimum Gasteiger partial charge on any atom is -0.481 e. The van der Waals surface area contributed by atoms with E-state index in [1.54, 1.807) is 0 Å². The maximum Gasteiger partial charge on any atom is 0.306 e. The Balaban J connectivity index is 1.23. The van der Waals surface area contributed by atoms with Gasteiger partial charge in [-0.2, -0.15) is 10.1 Å². The van der Waals surface area contributed by atoms with Crippen molar-refractivity contribution in [3.8, 4) is 22.9 Å². The number of carboxylic acids is 1. The highest BCUT2D eigenvalue weighted by Crippen LogP contribution is 2.34. The van der Waals surface area contributed by atoms with Gasteiger partial charge in [0.25, 0.3) is 0 Å². The predicted octanol–water partition coefficient (Wildman–Crippen LogP) is 7.15. The number of carbonyl (C=O) groups is 1. The van der Waals surface area contributed by atoms with Gasteiger partial charge in [-0.15, -0.1) is 0 Å². The van der Waals surface area contributed by atoms with Gasteiger partial charge in [0.15, 0.2) is 0 Å². The van der Waals surface area contributed by atoms with Gasteiger partial charge >= 0.3 is 5.97 Å². The van der Waals surface area contributed by atoms with Gasteiger partial charge in [0.05, 0.1) is 17.6 Å². The highest BCUT2D eigenvalue weighted by atomic mass is 16.5. The van der Waals surface area contributed by atoms with E-state index < -0.39 is 5.97 Å². The van der Waals surface area contributed by atoms with Crippen LogP contribution >= 0.6 is 0 Å². The lowest BCUT2D eigenvalue weighted by atomic mass is 9.82. The Kier molecular flexibility index (Phi) is 7.94. The summed E-state index contributed by atoms with van der Waals surface area (Å²) in [5.74, 6) is 0.593. The first kappa shape index (κ1) is 26.6. The van der Waals surface area contributed by atoms with E-state index in [-0.39, 0.29) is 5.92 Å². The van der Waals surface area contributed by atoms with Crippen molar-refractivity contribution in [3.05, 3.63) is 108 Å². The summed E-state index contributed by atoms with van der Waals surface area (Å²) < 4.78 is 14.3. The lowest BCUT2D eigenvalue weighted by molar-refractivity contribution is -0.143. The van der Waals surface area contributed by atoms with Crippen LogP contribution in [0.25, 0.3) is 22.0 Å². The fourth-order valence-electron chi connectivity index (χ4n) is 5.53. The van der Waals surface area contributed by atoms with Crippen molar-refractivity contribution >= 4 is 16.9 Å². The summed E-state index contributed by atoms with van der Waals surface area (Å²) in [6.45, 7) is 1.62. The zero-order valence-electron chi connectivity index (χ0n) is 22.9. The van der Waals surface area contributed by atoms with Crippen molar-refractivity contribution < 1.29 is 19.4 Å². The summed E-state index contributed by atoms with van der Waals surface area (Å²) in [6, 6.07) is 30.2. The molecule has 0 atom stereocenters. The lowest BCUT2D eigenvalue weighted by Gasteiger charge is -2.26. The van der Waals surface area contributed by atoms with Gasteiger partial charge in [-0.25, -0.2) is 0 Å². The molecule has 0 radical (unpaired) electrons. The van der Waals surface area contributed by atoms with Crippen LogP contribution in [0.1, 0.15) is 36.8 Å². The van der Waals surface area contributed by atoms with E-state index in [2.05, 4.69) is 28.0 Å². The molecule has 0 saturated heterocycles. The first-order chi connectivity index (χ1) is 20.1. The Morgan fingerprint density at radius 2 is 1.51 bits per heavy atom. The molecule has 1 aliphatic rings. The number of hydrogen-bond donors (Lipinski definition) is 1. The molecule has 0 amide bonds. The molecule has 1 saturated carbocycles. The zero-order chi connectivity index (χ0) is 28.0. The van der Waals surface area contributed by atoms with E-state index in [0.717, 1.165) is 65.4 Å². The third kappa shape index (κ3) is 6.40. The molecule has 208 valence electrons. The number of carboxylic acid groups (broad SMARTS) is 1. The number of aliphatic carboxylic acids is 1. The minimum absolute atomic E-state index is 0.204. The van der Waals surface area contributed by atoms with Crippen LogP contribution in [0.3, 0.4) is 0 Å². The van der Waals surface area contributed by atoms with Crippen molar-refractivity contribution in [2.24, 2.45) is 11.8 Å². The number of fused-ring (bicyclic) bond motifs is 1. The second kappa shape index (κ2) is 12.3. The summed E-state index contributed by atoms with van der Waals surface area (Å²) in [5, 5.41) is 15.0. The van der Waals surface area contributed by atoms with Crippen LogP contribution in [0, 0.1) is 11.8 Å². The zero-order valence-corrected chi connectivity index (χ0v) is 22.9. The number of ether oxygens (including phenoxy) is 2. The Morgan fingerprint density at radius 3 is 2.20 bits per heavy atom. The number of rotatable bonds is 10. The molecule has 0 aliphatic heterocycles. The highest BCUT2D eigenvalue weighted by molar-refractivity contribution is 5.85. The van der Waals surface area contributed by atoms with E-state index in [4.69, 9.17) is 14.5 Å². The molecule has 3 aromatic carbocycles. The minimum atomic E-state index is -0.669. The summed E-state index contributed by atoms with van der Waals surface area (Å²) in [4.78, 5) is 16.1. The Bertz CT molecular complexity index is 1610. The quantitative estimate of drug-likeness (QED) is 0.200. The maximum absolute atomic E-state index is 11.3. The first-order valence-corrected chi connectivity index (χ1v) is 14.2. The Labute approximate surface area is 239 Å². The molecule has 2 aromatic heterocycles. The summed E-state index contributed by atoms with van der Waals surface area (Å²) in [7, 11) is 0. The normalized spacial score (nSPS) is 16.9. The number of aromatic nitrogens is 3. The van der Waals surface area contributed by atoms with Crippen LogP contribution in [-0.2, 0) is 24.6 Å². The number of hydrogen-bond acceptors (Lipinski definition) is 5. The van der Waals surface area contributed by atoms with Gasteiger partial charge in [0, 0.05) is 23.6 Å². The molecule has 1 fully saturated rings. The molecule has 5 aromatic rings. The lowest BCUT2D eigenvalue weighted by Crippen LogP contribution is -2.24. The average Bonchev–Trinajstić information content (AvgIpc) is 3.42. The average molecular weight is 548 g/mol. The van der Waals surface area contributed by atoms with Crippen molar-refractivity contribution in [3.63, 3.8) is 0 Å². The third-order valence-electron chi connectivity index (χ3n) is 7.86. The highest BCUT2D eigenvalue weighted by Gasteiger charge is 2.26. The molecule has 0 unspecified atom stereocenters. The van der Waals surface area contributed by atoms with Gasteiger partial charge in [0.2, 0.25) is 11.8 Å². The fourth-order valence-corrected chi connectivity index (χ4v) is 5.53. The van der Waals surface area contributed by atoms with E-state index in [1.807, 2.05) is 79.0 Å². The largest absolute Gasteiger partial charge is 0.481 e. The van der Waals surface area contributed by atoms with Crippen LogP contribution in [0.5, 0.6) is 11.8 Å². The van der Waals surface area contributed by atoms with E-state index >= 15 is 0 Å². The van der Waals surface area contributed by atoms with Crippen molar-refractivity contribution in [1.29, 1.82) is 0 Å². The summed E-state index contributed by atoms with van der Waals surface area (Å²) in [6.07, 6.45) is 5.23. The maximum atomic E-state index is 11.3. The second-order valence-corrected chi connectivity index (χ2v) is 10.7. The summed E-state index contributed by atoms with van der Waals surface area (Å²) in [5.41, 5.74) is 5.07. The van der Waals surface area contributed by atoms with Gasteiger partial charge < -0.3 is 14.6 Å². The topological polar surface area (TPSA) is 86.5 Å². The molecule has 6 rings (SSSR count). The SMILES string of the molecule is O=C(O)[C@H]1CC[C@H](Cn2ncc3cc(-c4ccc(OCc5ccccc5)nc4OCc4ccccc4)ccc32)CC1. The number of nitrogens with zero attached hydrogens (tertiary/aromatic N) is 3. The Hall–Kier alpha value is -4.65. The summed E-state index contributed by atoms with van der Waals surface area (Å²) >= 11 is 0. The van der Waals surface area contributed by atoms with E-state index in [1.165, 1.54) is 0 Å². The third-order valence-corrected chi connectivity index (χ3v) is 7.86. The molecular weight excluding hydrogens is 514 g/mol. The number of benzene rings is 3. The number of pyridine rings is 1. The standard InChI is InChI=1S/C34H33N3O4/c38-34(39)27-13-11-24(12-14-27)21-37-31-17-15-28(19-29(31)20-35-37)30-16-18-32(40-22-25-7-3-1-4-8-25)36-33(30)41-23-26-9-5-2-6-10-26/h1-10,15-20,24,27H,11-14,21-23H2,(H,38,39)/t24-,27-. The monoisotopic (exact) mass is 547 g/mol. The predicted molar refractivity (Wildman–Crippen MR) is 158 cm³/mol. The van der Waals surface area contributed by atoms with Crippen molar-refractivity contribution in [2.45, 2.75) is 45.4 Å². The molecule has 2 heterocycles. The van der Waals surface area contributed by atoms with Gasteiger partial charge in [-0.05, 0) is 66.5 Å². The van der Waals surface area contributed by atoms with Gasteiger partial charge in [0.1, 0.15) is 13.2 Å². The molecule has 41 heavy (non-hydrogen) atoms. The van der Waals surface area contributed by atoms with Crippen molar-refractivity contribution in [2.75, 3.05) is 0 Å². The van der Waals surface area contributed by atoms with Crippen LogP contribution in [-0.4, -0.2) is 25.8 Å². The first-order valence-electron chi connectivity index (χ1n) is 14.2. The molecular formula is C34H33N3O4. The molecule has 7 nitrogen and oxygen atoms in total. The molecule has 1 N–H and O–H groups in total. The molecule has 1 aliphatic carbocycles. The molecule has 0 bridgehead atoms. The van der Waals surface area contributed by atoms with E-state index in [0.29, 0.717) is 30.9 Å². The van der Waals surface area contributed by atoms with Crippen LogP contribution in [0.2, 0.25) is 0 Å². The molecule has 0 spiro atoms. The Morgan fingerprint density at radius 1 is 0.829 bits per heavy atom. The smallest absolute Gasteiger partial charge is 0.306 e. The van der Waals surface area contributed by atoms with Crippen LogP contribution < -0.4 is 9.47 Å². The van der Waals surface area contributed by atoms with Crippen molar-refractivity contribution in [1.82, 2.24) is 14.8 Å². The second-order valence-electron chi connectivity index (χ2n) is 10.7. The van der Waals surface area contributed by atoms with Crippen LogP contribution in [0.15, 0.2) is 97.2 Å². The van der Waals surface area contributed by atoms with Crippen LogP contribution in [0.4, 0.5) is 0 Å². The van der Waals surface area contributed by atoms with E-state index in [9.17, 15) is 9.90 Å². The fraction of sp³-hybridized carbons (Fsp3) is 0.265.